The Balaban J connectivity index is 2.72. The average Bonchev–Trinajstić information content (AvgIpc) is 2.17. The van der Waals surface area contributed by atoms with Crippen molar-refractivity contribution in [1.29, 1.82) is 0 Å². The molecule has 0 aliphatic heterocycles. The maximum atomic E-state index is 5.68. The molecule has 1 atom stereocenters. The summed E-state index contributed by atoms with van der Waals surface area (Å²) in [6.07, 6.45) is 3.13. The highest BCUT2D eigenvalue weighted by Crippen LogP contribution is 2.39. The maximum Gasteiger partial charge on any atom is 0.310 e. The van der Waals surface area contributed by atoms with Crippen LogP contribution in [-0.4, -0.2) is 16.6 Å². The molecule has 90 valence electrons. The SMILES string of the molecule is CCOP(N)(=S)Oc1cnc(C(C)C)nc1. The highest BCUT2D eigenvalue weighted by Gasteiger charge is 2.14. The minimum absolute atomic E-state index is 0.280. The summed E-state index contributed by atoms with van der Waals surface area (Å²) in [4.78, 5) is 8.29. The summed E-state index contributed by atoms with van der Waals surface area (Å²) in [5.74, 6) is 1.49. The standard InChI is InChI=1S/C9H16N3O2PS/c1-4-13-15(10,16)14-8-5-11-9(7(2)3)12-6-8/h5-7H,4H2,1-3H3,(H2,10,16). The maximum absolute atomic E-state index is 5.68. The summed E-state index contributed by atoms with van der Waals surface area (Å²) in [6, 6.07) is 0. The second-order valence-corrected chi connectivity index (χ2v) is 6.53. The average molecular weight is 261 g/mol. The molecule has 1 rings (SSSR count). The number of nitrogens with zero attached hydrogens (tertiary/aromatic N) is 2. The molecule has 0 amide bonds. The van der Waals surface area contributed by atoms with Crippen LogP contribution in [-0.2, 0) is 16.3 Å². The smallest absolute Gasteiger partial charge is 0.310 e. The highest BCUT2D eigenvalue weighted by atomic mass is 32.5. The molecule has 1 unspecified atom stereocenters. The molecule has 1 heterocycles. The van der Waals surface area contributed by atoms with E-state index in [9.17, 15) is 0 Å². The van der Waals surface area contributed by atoms with Gasteiger partial charge in [-0.2, -0.15) is 0 Å². The lowest BCUT2D eigenvalue weighted by molar-refractivity contribution is 0.331. The molecule has 0 fully saturated rings. The van der Waals surface area contributed by atoms with Gasteiger partial charge in [-0.15, -0.1) is 0 Å². The van der Waals surface area contributed by atoms with Crippen molar-refractivity contribution >= 4 is 18.4 Å². The van der Waals surface area contributed by atoms with Gasteiger partial charge in [0.2, 0.25) is 0 Å². The van der Waals surface area contributed by atoms with Gasteiger partial charge in [-0.05, 0) is 18.7 Å². The van der Waals surface area contributed by atoms with Crippen molar-refractivity contribution in [3.63, 3.8) is 0 Å². The third-order valence-electron chi connectivity index (χ3n) is 1.71. The Morgan fingerprint density at radius 2 is 2.00 bits per heavy atom. The van der Waals surface area contributed by atoms with Crippen LogP contribution in [0.2, 0.25) is 0 Å². The lowest BCUT2D eigenvalue weighted by Gasteiger charge is -2.16. The van der Waals surface area contributed by atoms with Gasteiger partial charge in [0.1, 0.15) is 5.82 Å². The Labute approximate surface area is 101 Å². The van der Waals surface area contributed by atoms with Gasteiger partial charge in [-0.25, -0.2) is 15.5 Å². The van der Waals surface area contributed by atoms with Crippen LogP contribution in [0.3, 0.4) is 0 Å². The second-order valence-electron chi connectivity index (χ2n) is 3.48. The Bertz CT molecular complexity index is 383. The van der Waals surface area contributed by atoms with Gasteiger partial charge in [0.05, 0.1) is 19.0 Å². The summed E-state index contributed by atoms with van der Waals surface area (Å²) in [7, 11) is 0. The first kappa shape index (κ1) is 13.5. The van der Waals surface area contributed by atoms with E-state index in [0.717, 1.165) is 5.82 Å². The number of hydrogen-bond donors (Lipinski definition) is 1. The second kappa shape index (κ2) is 5.68. The van der Waals surface area contributed by atoms with Crippen LogP contribution >= 0.6 is 6.64 Å². The molecular formula is C9H16N3O2PS. The fraction of sp³-hybridized carbons (Fsp3) is 0.556. The molecule has 0 aliphatic rings. The Morgan fingerprint density at radius 3 is 2.44 bits per heavy atom. The van der Waals surface area contributed by atoms with Gasteiger partial charge >= 0.3 is 6.64 Å². The summed E-state index contributed by atoms with van der Waals surface area (Å²) < 4.78 is 10.5. The summed E-state index contributed by atoms with van der Waals surface area (Å²) in [6.45, 7) is 3.58. The molecule has 16 heavy (non-hydrogen) atoms. The molecule has 0 aliphatic carbocycles. The molecule has 1 aromatic rings. The topological polar surface area (TPSA) is 70.3 Å². The molecule has 0 spiro atoms. The third-order valence-corrected chi connectivity index (χ3v) is 3.33. The van der Waals surface area contributed by atoms with Crippen molar-refractivity contribution in [3.05, 3.63) is 18.2 Å². The van der Waals surface area contributed by atoms with Crippen LogP contribution in [0, 0.1) is 0 Å². The predicted molar refractivity (Wildman–Crippen MR) is 66.8 cm³/mol. The summed E-state index contributed by atoms with van der Waals surface area (Å²) >= 11 is 5.00. The van der Waals surface area contributed by atoms with E-state index in [4.69, 9.17) is 26.4 Å². The van der Waals surface area contributed by atoms with E-state index in [1.165, 1.54) is 0 Å². The molecular weight excluding hydrogens is 245 g/mol. The molecule has 1 aromatic heterocycles. The normalized spacial score (nSPS) is 14.8. The van der Waals surface area contributed by atoms with Crippen molar-refractivity contribution in [1.82, 2.24) is 9.97 Å². The van der Waals surface area contributed by atoms with Crippen LogP contribution in [0.15, 0.2) is 12.4 Å². The van der Waals surface area contributed by atoms with E-state index in [1.54, 1.807) is 12.4 Å². The molecule has 5 nitrogen and oxygen atoms in total. The molecule has 0 bridgehead atoms. The summed E-state index contributed by atoms with van der Waals surface area (Å²) in [5.41, 5.74) is 5.68. The quantitative estimate of drug-likeness (QED) is 0.819. The van der Waals surface area contributed by atoms with Crippen LogP contribution < -0.4 is 10.0 Å². The lowest BCUT2D eigenvalue weighted by atomic mass is 10.2. The number of hydrogen-bond acceptors (Lipinski definition) is 5. The van der Waals surface area contributed by atoms with Crippen molar-refractivity contribution in [2.45, 2.75) is 26.7 Å². The zero-order valence-corrected chi connectivity index (χ0v) is 11.3. The first-order valence-electron chi connectivity index (χ1n) is 4.99. The monoisotopic (exact) mass is 261 g/mol. The Kier molecular flexibility index (Phi) is 4.80. The molecule has 2 N–H and O–H groups in total. The predicted octanol–water partition coefficient (Wildman–Crippen LogP) is 2.20. The van der Waals surface area contributed by atoms with E-state index < -0.39 is 6.64 Å². The van der Waals surface area contributed by atoms with Crippen LogP contribution in [0.1, 0.15) is 32.5 Å². The molecule has 0 saturated carbocycles. The third kappa shape index (κ3) is 4.14. The van der Waals surface area contributed by atoms with Crippen LogP contribution in [0.25, 0.3) is 0 Å². The van der Waals surface area contributed by atoms with Crippen molar-refractivity contribution in [2.75, 3.05) is 6.61 Å². The van der Waals surface area contributed by atoms with E-state index in [0.29, 0.717) is 12.4 Å². The minimum Gasteiger partial charge on any atom is -0.430 e. The molecule has 0 radical (unpaired) electrons. The zero-order valence-electron chi connectivity index (χ0n) is 9.58. The minimum atomic E-state index is -2.70. The van der Waals surface area contributed by atoms with Gasteiger partial charge in [-0.3, -0.25) is 0 Å². The number of rotatable bonds is 5. The van der Waals surface area contributed by atoms with E-state index >= 15 is 0 Å². The number of nitrogens with two attached hydrogens (primary N) is 1. The van der Waals surface area contributed by atoms with Gasteiger partial charge < -0.3 is 9.05 Å². The van der Waals surface area contributed by atoms with Gasteiger partial charge in [0.15, 0.2) is 5.75 Å². The zero-order chi connectivity index (χ0) is 12.2. The van der Waals surface area contributed by atoms with Gasteiger partial charge in [0, 0.05) is 5.92 Å². The van der Waals surface area contributed by atoms with E-state index in [-0.39, 0.29) is 5.92 Å². The first-order valence-corrected chi connectivity index (χ1v) is 7.70. The highest BCUT2D eigenvalue weighted by molar-refractivity contribution is 8.09. The van der Waals surface area contributed by atoms with Crippen LogP contribution in [0.4, 0.5) is 0 Å². The molecule has 0 aromatic carbocycles. The Morgan fingerprint density at radius 1 is 1.44 bits per heavy atom. The first-order chi connectivity index (χ1) is 7.44. The Hall–Kier alpha value is -0.550. The van der Waals surface area contributed by atoms with Gasteiger partial charge in [0.25, 0.3) is 0 Å². The van der Waals surface area contributed by atoms with Crippen molar-refractivity contribution in [2.24, 2.45) is 5.50 Å². The lowest BCUT2D eigenvalue weighted by Crippen LogP contribution is -2.07. The molecule has 7 heteroatoms. The van der Waals surface area contributed by atoms with E-state index in [1.807, 2.05) is 20.8 Å². The summed E-state index contributed by atoms with van der Waals surface area (Å²) in [5, 5.41) is 0. The van der Waals surface area contributed by atoms with E-state index in [2.05, 4.69) is 9.97 Å². The van der Waals surface area contributed by atoms with Crippen LogP contribution in [0.5, 0.6) is 5.75 Å². The van der Waals surface area contributed by atoms with Gasteiger partial charge in [-0.1, -0.05) is 13.8 Å². The fourth-order valence-corrected chi connectivity index (χ4v) is 2.40. The van der Waals surface area contributed by atoms with Crippen molar-refractivity contribution in [3.8, 4) is 5.75 Å². The number of aromatic nitrogens is 2. The fourth-order valence-electron chi connectivity index (χ4n) is 1.02. The molecule has 0 saturated heterocycles. The van der Waals surface area contributed by atoms with Crippen molar-refractivity contribution < 1.29 is 9.05 Å². The largest absolute Gasteiger partial charge is 0.430 e.